The predicted octanol–water partition coefficient (Wildman–Crippen LogP) is 8.42. The minimum absolute atomic E-state index is 0.393. The molecule has 0 N–H and O–H groups in total. The lowest BCUT2D eigenvalue weighted by molar-refractivity contribution is 0.00578. The predicted molar refractivity (Wildman–Crippen MR) is 167 cm³/mol. The van der Waals surface area contributed by atoms with Crippen LogP contribution in [0, 0.1) is 0 Å². The van der Waals surface area contributed by atoms with Crippen molar-refractivity contribution in [3.8, 4) is 27.9 Å². The van der Waals surface area contributed by atoms with Gasteiger partial charge in [-0.05, 0) is 79.7 Å². The Morgan fingerprint density at radius 2 is 1.15 bits per heavy atom. The SMILES string of the molecule is CC1(C)OB(c2ccc3c(c2)c2c(-c4ccc(-c5ccccc5)cc4)cccc2n3-c2ccccc2)OC1(C)C. The van der Waals surface area contributed by atoms with Crippen molar-refractivity contribution in [2.24, 2.45) is 0 Å². The monoisotopic (exact) mass is 521 g/mol. The molecule has 2 heterocycles. The Balaban J connectivity index is 1.44. The van der Waals surface area contributed by atoms with Gasteiger partial charge in [-0.2, -0.15) is 0 Å². The third-order valence-corrected chi connectivity index (χ3v) is 8.66. The Hall–Kier alpha value is -4.12. The number of nitrogens with zero attached hydrogens (tertiary/aromatic N) is 1. The number of para-hydroxylation sites is 1. The minimum Gasteiger partial charge on any atom is -0.399 e. The molecule has 6 aromatic rings. The van der Waals surface area contributed by atoms with Crippen molar-refractivity contribution in [1.29, 1.82) is 0 Å². The number of hydrogen-bond acceptors (Lipinski definition) is 2. The van der Waals surface area contributed by atoms with E-state index < -0.39 is 18.3 Å². The summed E-state index contributed by atoms with van der Waals surface area (Å²) in [5.41, 5.74) is 8.57. The van der Waals surface area contributed by atoms with Crippen LogP contribution in [0.2, 0.25) is 0 Å². The number of benzene rings is 5. The second kappa shape index (κ2) is 9.23. The molecule has 3 nitrogen and oxygen atoms in total. The van der Waals surface area contributed by atoms with Gasteiger partial charge in [-0.3, -0.25) is 0 Å². The average Bonchev–Trinajstić information content (AvgIpc) is 3.42. The fraction of sp³-hybridized carbons (Fsp3) is 0.167. The smallest absolute Gasteiger partial charge is 0.399 e. The molecule has 0 bridgehead atoms. The molecule has 0 aliphatic carbocycles. The first-order valence-corrected chi connectivity index (χ1v) is 14.0. The van der Waals surface area contributed by atoms with E-state index in [1.807, 2.05) is 0 Å². The normalized spacial score (nSPS) is 16.1. The third-order valence-electron chi connectivity index (χ3n) is 8.66. The van der Waals surface area contributed by atoms with Crippen LogP contribution < -0.4 is 5.46 Å². The second-order valence-electron chi connectivity index (χ2n) is 11.7. The number of aromatic nitrogens is 1. The fourth-order valence-electron chi connectivity index (χ4n) is 5.78. The largest absolute Gasteiger partial charge is 0.494 e. The summed E-state index contributed by atoms with van der Waals surface area (Å²) in [6, 6.07) is 43.3. The van der Waals surface area contributed by atoms with E-state index in [-0.39, 0.29) is 0 Å². The van der Waals surface area contributed by atoms with E-state index in [0.29, 0.717) is 0 Å². The first kappa shape index (κ1) is 24.9. The van der Waals surface area contributed by atoms with Crippen LogP contribution in [-0.2, 0) is 9.31 Å². The minimum atomic E-state index is -0.415. The molecule has 196 valence electrons. The summed E-state index contributed by atoms with van der Waals surface area (Å²) in [6.07, 6.45) is 0. The van der Waals surface area contributed by atoms with E-state index in [9.17, 15) is 0 Å². The van der Waals surface area contributed by atoms with Gasteiger partial charge in [0.1, 0.15) is 0 Å². The molecular formula is C36H32BNO2. The van der Waals surface area contributed by atoms with Crippen LogP contribution >= 0.6 is 0 Å². The maximum atomic E-state index is 6.44. The van der Waals surface area contributed by atoms with Gasteiger partial charge in [0.15, 0.2) is 0 Å². The summed E-state index contributed by atoms with van der Waals surface area (Å²) in [5.74, 6) is 0. The molecule has 0 radical (unpaired) electrons. The van der Waals surface area contributed by atoms with Gasteiger partial charge < -0.3 is 13.9 Å². The Morgan fingerprint density at radius 3 is 1.82 bits per heavy atom. The summed E-state index contributed by atoms with van der Waals surface area (Å²) < 4.78 is 15.2. The van der Waals surface area contributed by atoms with Crippen LogP contribution in [0.5, 0.6) is 0 Å². The highest BCUT2D eigenvalue weighted by Gasteiger charge is 2.51. The zero-order valence-corrected chi connectivity index (χ0v) is 23.4. The molecule has 1 aliphatic rings. The molecule has 0 saturated carbocycles. The van der Waals surface area contributed by atoms with Gasteiger partial charge in [0.05, 0.1) is 22.2 Å². The van der Waals surface area contributed by atoms with Gasteiger partial charge in [-0.25, -0.2) is 0 Å². The van der Waals surface area contributed by atoms with Crippen LogP contribution in [0.1, 0.15) is 27.7 Å². The van der Waals surface area contributed by atoms with E-state index in [2.05, 4.69) is 154 Å². The Kier molecular flexibility index (Phi) is 5.74. The van der Waals surface area contributed by atoms with E-state index in [1.54, 1.807) is 0 Å². The van der Waals surface area contributed by atoms with Gasteiger partial charge in [0.2, 0.25) is 0 Å². The summed E-state index contributed by atoms with van der Waals surface area (Å²) in [7, 11) is -0.415. The van der Waals surface area contributed by atoms with Gasteiger partial charge in [-0.15, -0.1) is 0 Å². The average molecular weight is 521 g/mol. The molecule has 1 fully saturated rings. The van der Waals surface area contributed by atoms with Gasteiger partial charge in [-0.1, -0.05) is 97.1 Å². The van der Waals surface area contributed by atoms with Crippen molar-refractivity contribution in [2.45, 2.75) is 38.9 Å². The van der Waals surface area contributed by atoms with Crippen molar-refractivity contribution in [3.05, 3.63) is 121 Å². The standard InChI is InChI=1S/C36H32BNO2/c1-35(2)36(3,4)40-37(39-35)28-22-23-32-31(24-28)34-30(16-11-17-33(34)38(32)29-14-9-6-10-15-29)27-20-18-26(19-21-27)25-12-7-5-8-13-25/h5-24H,1-4H3. The molecular weight excluding hydrogens is 489 g/mol. The summed E-state index contributed by atoms with van der Waals surface area (Å²) in [4.78, 5) is 0. The van der Waals surface area contributed by atoms with Gasteiger partial charge in [0, 0.05) is 16.5 Å². The highest BCUT2D eigenvalue weighted by atomic mass is 16.7. The maximum absolute atomic E-state index is 6.44. The Labute approximate surface area is 236 Å². The molecule has 0 atom stereocenters. The zero-order valence-electron chi connectivity index (χ0n) is 23.4. The van der Waals surface area contributed by atoms with E-state index in [1.165, 1.54) is 38.5 Å². The topological polar surface area (TPSA) is 23.4 Å². The summed E-state index contributed by atoms with van der Waals surface area (Å²) in [5, 5.41) is 2.42. The lowest BCUT2D eigenvalue weighted by atomic mass is 9.78. The van der Waals surface area contributed by atoms with Crippen molar-refractivity contribution in [2.75, 3.05) is 0 Å². The molecule has 1 aliphatic heterocycles. The number of rotatable bonds is 4. The molecule has 0 amide bonds. The van der Waals surface area contributed by atoms with Gasteiger partial charge in [0.25, 0.3) is 0 Å². The molecule has 7 rings (SSSR count). The van der Waals surface area contributed by atoms with Crippen LogP contribution in [0.3, 0.4) is 0 Å². The number of fused-ring (bicyclic) bond motifs is 3. The molecule has 0 spiro atoms. The highest BCUT2D eigenvalue weighted by Crippen LogP contribution is 2.40. The third kappa shape index (κ3) is 3.99. The second-order valence-corrected chi connectivity index (χ2v) is 11.7. The van der Waals surface area contributed by atoms with Crippen molar-refractivity contribution < 1.29 is 9.31 Å². The van der Waals surface area contributed by atoms with Gasteiger partial charge >= 0.3 is 7.12 Å². The number of hydrogen-bond donors (Lipinski definition) is 0. The van der Waals surface area contributed by atoms with E-state index >= 15 is 0 Å². The molecule has 1 aromatic heterocycles. The molecule has 5 aromatic carbocycles. The van der Waals surface area contributed by atoms with Crippen LogP contribution in [0.15, 0.2) is 121 Å². The Morgan fingerprint density at radius 1 is 0.550 bits per heavy atom. The van der Waals surface area contributed by atoms with Crippen LogP contribution in [0.4, 0.5) is 0 Å². The van der Waals surface area contributed by atoms with Crippen LogP contribution in [-0.4, -0.2) is 22.9 Å². The summed E-state index contributed by atoms with van der Waals surface area (Å²) >= 11 is 0. The first-order chi connectivity index (χ1) is 19.3. The fourth-order valence-corrected chi connectivity index (χ4v) is 5.78. The van der Waals surface area contributed by atoms with Crippen LogP contribution in [0.25, 0.3) is 49.7 Å². The lowest BCUT2D eigenvalue weighted by Crippen LogP contribution is -2.41. The van der Waals surface area contributed by atoms with E-state index in [4.69, 9.17) is 9.31 Å². The molecule has 0 unspecified atom stereocenters. The van der Waals surface area contributed by atoms with E-state index in [0.717, 1.165) is 16.7 Å². The molecule has 4 heteroatoms. The van der Waals surface area contributed by atoms with Crippen molar-refractivity contribution >= 4 is 34.4 Å². The summed E-state index contributed by atoms with van der Waals surface area (Å²) in [6.45, 7) is 8.40. The maximum Gasteiger partial charge on any atom is 0.494 e. The Bertz CT molecular complexity index is 1820. The molecule has 1 saturated heterocycles. The quantitative estimate of drug-likeness (QED) is 0.218. The molecule has 40 heavy (non-hydrogen) atoms. The van der Waals surface area contributed by atoms with Crippen molar-refractivity contribution in [1.82, 2.24) is 4.57 Å². The highest BCUT2D eigenvalue weighted by molar-refractivity contribution is 6.62. The lowest BCUT2D eigenvalue weighted by Gasteiger charge is -2.32. The van der Waals surface area contributed by atoms with Crippen molar-refractivity contribution in [3.63, 3.8) is 0 Å². The zero-order chi connectivity index (χ0) is 27.5. The first-order valence-electron chi connectivity index (χ1n) is 14.0.